The summed E-state index contributed by atoms with van der Waals surface area (Å²) in [6.45, 7) is 9.39. The van der Waals surface area contributed by atoms with Crippen molar-refractivity contribution < 1.29 is 0 Å². The molecule has 0 aliphatic rings. The van der Waals surface area contributed by atoms with Crippen molar-refractivity contribution >= 4 is 11.0 Å². The number of fused-ring (bicyclic) bond motifs is 1. The summed E-state index contributed by atoms with van der Waals surface area (Å²) in [6.07, 6.45) is 0. The fraction of sp³-hybridized carbons (Fsp3) is 0.500. The van der Waals surface area contributed by atoms with Crippen molar-refractivity contribution in [2.24, 2.45) is 7.05 Å². The minimum atomic E-state index is 0.484. The van der Waals surface area contributed by atoms with Crippen LogP contribution in [-0.4, -0.2) is 15.6 Å². The fourth-order valence-corrected chi connectivity index (χ4v) is 2.26. The summed E-state index contributed by atoms with van der Waals surface area (Å²) in [7, 11) is 2.09. The molecule has 0 bridgehead atoms. The molecule has 0 unspecified atom stereocenters. The average molecular weight is 231 g/mol. The molecule has 1 aromatic carbocycles. The summed E-state index contributed by atoms with van der Waals surface area (Å²) >= 11 is 0. The molecule has 3 nitrogen and oxygen atoms in total. The van der Waals surface area contributed by atoms with Crippen LogP contribution < -0.4 is 5.32 Å². The van der Waals surface area contributed by atoms with Crippen molar-refractivity contribution in [3.8, 4) is 0 Å². The number of nitrogens with one attached hydrogen (secondary N) is 1. The van der Waals surface area contributed by atoms with Gasteiger partial charge in [0.15, 0.2) is 0 Å². The number of imidazole rings is 1. The lowest BCUT2D eigenvalue weighted by atomic mass is 10.1. The first-order valence-electron chi connectivity index (χ1n) is 6.15. The minimum absolute atomic E-state index is 0.484. The molecule has 0 aliphatic heterocycles. The van der Waals surface area contributed by atoms with E-state index in [9.17, 15) is 0 Å². The van der Waals surface area contributed by atoms with Crippen LogP contribution in [0.15, 0.2) is 12.1 Å². The van der Waals surface area contributed by atoms with Crippen LogP contribution in [0.2, 0.25) is 0 Å². The lowest BCUT2D eigenvalue weighted by Gasteiger charge is -2.08. The van der Waals surface area contributed by atoms with E-state index in [1.165, 1.54) is 16.6 Å². The van der Waals surface area contributed by atoms with E-state index in [0.717, 1.165) is 17.9 Å². The molecule has 92 valence electrons. The topological polar surface area (TPSA) is 29.9 Å². The molecule has 0 amide bonds. The highest BCUT2D eigenvalue weighted by Gasteiger charge is 2.10. The van der Waals surface area contributed by atoms with Gasteiger partial charge in [-0.2, -0.15) is 0 Å². The molecule has 0 atom stereocenters. The Kier molecular flexibility index (Phi) is 3.20. The van der Waals surface area contributed by atoms with Crippen molar-refractivity contribution in [1.82, 2.24) is 14.9 Å². The highest BCUT2D eigenvalue weighted by molar-refractivity contribution is 5.80. The van der Waals surface area contributed by atoms with Crippen LogP contribution in [0.25, 0.3) is 11.0 Å². The Hall–Kier alpha value is -1.35. The summed E-state index contributed by atoms with van der Waals surface area (Å²) in [5.74, 6) is 1.10. The second-order valence-corrected chi connectivity index (χ2v) is 5.07. The smallest absolute Gasteiger partial charge is 0.123 e. The van der Waals surface area contributed by atoms with E-state index in [1.807, 2.05) is 0 Å². The van der Waals surface area contributed by atoms with Gasteiger partial charge in [0, 0.05) is 13.1 Å². The molecule has 17 heavy (non-hydrogen) atoms. The third-order valence-electron chi connectivity index (χ3n) is 3.07. The molecule has 1 aromatic heterocycles. The average Bonchev–Trinajstić information content (AvgIpc) is 2.52. The normalized spacial score (nSPS) is 11.6. The van der Waals surface area contributed by atoms with E-state index < -0.39 is 0 Å². The predicted molar refractivity (Wildman–Crippen MR) is 72.2 cm³/mol. The van der Waals surface area contributed by atoms with Crippen molar-refractivity contribution in [2.45, 2.75) is 40.3 Å². The lowest BCUT2D eigenvalue weighted by molar-refractivity contribution is 0.563. The van der Waals surface area contributed by atoms with Crippen molar-refractivity contribution in [2.75, 3.05) is 0 Å². The van der Waals surface area contributed by atoms with Gasteiger partial charge in [0.25, 0.3) is 0 Å². The van der Waals surface area contributed by atoms with E-state index in [4.69, 9.17) is 4.98 Å². The molecule has 0 spiro atoms. The Balaban J connectivity index is 2.45. The van der Waals surface area contributed by atoms with Gasteiger partial charge < -0.3 is 9.88 Å². The Morgan fingerprint density at radius 3 is 2.65 bits per heavy atom. The lowest BCUT2D eigenvalue weighted by Crippen LogP contribution is -2.23. The molecular formula is C14H21N3. The standard InChI is InChI=1S/C14H21N3/c1-9(2)15-8-13-16-12-7-10(3)6-11(4)14(12)17(13)5/h6-7,9,15H,8H2,1-5H3. The zero-order chi connectivity index (χ0) is 12.6. The monoisotopic (exact) mass is 231 g/mol. The van der Waals surface area contributed by atoms with Crippen LogP contribution in [0.1, 0.15) is 30.8 Å². The van der Waals surface area contributed by atoms with Crippen LogP contribution >= 0.6 is 0 Å². The molecule has 2 aromatic rings. The van der Waals surface area contributed by atoms with Crippen LogP contribution in [0.5, 0.6) is 0 Å². The first kappa shape index (κ1) is 12.1. The summed E-state index contributed by atoms with van der Waals surface area (Å²) < 4.78 is 2.19. The van der Waals surface area contributed by atoms with Crippen LogP contribution in [0.3, 0.4) is 0 Å². The van der Waals surface area contributed by atoms with E-state index in [-0.39, 0.29) is 0 Å². The maximum absolute atomic E-state index is 4.71. The van der Waals surface area contributed by atoms with Crippen molar-refractivity contribution in [3.63, 3.8) is 0 Å². The molecule has 1 N–H and O–H groups in total. The van der Waals surface area contributed by atoms with Gasteiger partial charge in [0.05, 0.1) is 17.6 Å². The van der Waals surface area contributed by atoms with Gasteiger partial charge in [0.2, 0.25) is 0 Å². The number of rotatable bonds is 3. The number of aryl methyl sites for hydroxylation is 3. The largest absolute Gasteiger partial charge is 0.330 e. The molecule has 0 radical (unpaired) electrons. The van der Waals surface area contributed by atoms with Gasteiger partial charge in [-0.05, 0) is 31.0 Å². The fourth-order valence-electron chi connectivity index (χ4n) is 2.26. The molecule has 3 heteroatoms. The molecular weight excluding hydrogens is 210 g/mol. The van der Waals surface area contributed by atoms with Gasteiger partial charge in [0.1, 0.15) is 5.82 Å². The molecule has 1 heterocycles. The number of benzene rings is 1. The molecule has 0 saturated heterocycles. The van der Waals surface area contributed by atoms with E-state index in [1.54, 1.807) is 0 Å². The molecule has 0 fully saturated rings. The highest BCUT2D eigenvalue weighted by atomic mass is 15.1. The van der Waals surface area contributed by atoms with Crippen LogP contribution in [-0.2, 0) is 13.6 Å². The highest BCUT2D eigenvalue weighted by Crippen LogP contribution is 2.20. The zero-order valence-electron chi connectivity index (χ0n) is 11.3. The third-order valence-corrected chi connectivity index (χ3v) is 3.07. The van der Waals surface area contributed by atoms with E-state index in [0.29, 0.717) is 6.04 Å². The summed E-state index contributed by atoms with van der Waals surface area (Å²) in [4.78, 5) is 4.71. The maximum atomic E-state index is 4.71. The van der Waals surface area contributed by atoms with E-state index in [2.05, 4.69) is 56.8 Å². The molecule has 0 aliphatic carbocycles. The van der Waals surface area contributed by atoms with Crippen molar-refractivity contribution in [3.05, 3.63) is 29.1 Å². The van der Waals surface area contributed by atoms with Crippen molar-refractivity contribution in [1.29, 1.82) is 0 Å². The Bertz CT molecular complexity index is 538. The predicted octanol–water partition coefficient (Wildman–Crippen LogP) is 2.69. The second kappa shape index (κ2) is 4.49. The van der Waals surface area contributed by atoms with Crippen LogP contribution in [0.4, 0.5) is 0 Å². The third kappa shape index (κ3) is 2.34. The van der Waals surface area contributed by atoms with Crippen LogP contribution in [0, 0.1) is 13.8 Å². The first-order valence-corrected chi connectivity index (χ1v) is 6.15. The Morgan fingerprint density at radius 2 is 2.00 bits per heavy atom. The SMILES string of the molecule is Cc1cc(C)c2c(c1)nc(CNC(C)C)n2C. The number of hydrogen-bond acceptors (Lipinski definition) is 2. The summed E-state index contributed by atoms with van der Waals surface area (Å²) in [6, 6.07) is 4.85. The number of aromatic nitrogens is 2. The Labute approximate surface area is 103 Å². The number of nitrogens with zero attached hydrogens (tertiary/aromatic N) is 2. The van der Waals surface area contributed by atoms with Gasteiger partial charge >= 0.3 is 0 Å². The molecule has 2 rings (SSSR count). The number of hydrogen-bond donors (Lipinski definition) is 1. The van der Waals surface area contributed by atoms with E-state index >= 15 is 0 Å². The first-order chi connectivity index (χ1) is 7.99. The summed E-state index contributed by atoms with van der Waals surface area (Å²) in [5.41, 5.74) is 4.92. The quantitative estimate of drug-likeness (QED) is 0.880. The molecule has 0 saturated carbocycles. The summed E-state index contributed by atoms with van der Waals surface area (Å²) in [5, 5.41) is 3.41. The van der Waals surface area contributed by atoms with Gasteiger partial charge in [-0.15, -0.1) is 0 Å². The maximum Gasteiger partial charge on any atom is 0.123 e. The Morgan fingerprint density at radius 1 is 1.29 bits per heavy atom. The van der Waals surface area contributed by atoms with Gasteiger partial charge in [-0.3, -0.25) is 0 Å². The zero-order valence-corrected chi connectivity index (χ0v) is 11.3. The van der Waals surface area contributed by atoms with Gasteiger partial charge in [-0.1, -0.05) is 19.9 Å². The minimum Gasteiger partial charge on any atom is -0.330 e. The second-order valence-electron chi connectivity index (χ2n) is 5.07. The van der Waals surface area contributed by atoms with Gasteiger partial charge in [-0.25, -0.2) is 4.98 Å².